The Hall–Kier alpha value is -2.21. The second-order valence-electron chi connectivity index (χ2n) is 5.41. The Labute approximate surface area is 117 Å². The molecule has 6 heteroatoms. The third-order valence-electron chi connectivity index (χ3n) is 2.50. The zero-order valence-electron chi connectivity index (χ0n) is 11.8. The first-order valence-electron chi connectivity index (χ1n) is 6.34. The molecule has 0 bridgehead atoms. The van der Waals surface area contributed by atoms with Gasteiger partial charge in [-0.1, -0.05) is 18.2 Å². The minimum atomic E-state index is -0.566. The summed E-state index contributed by atoms with van der Waals surface area (Å²) in [6.45, 7) is 5.84. The van der Waals surface area contributed by atoms with Crippen LogP contribution >= 0.6 is 0 Å². The number of aromatic nitrogens is 3. The molecule has 0 aliphatic carbocycles. The highest BCUT2D eigenvalue weighted by Crippen LogP contribution is 2.17. The average Bonchev–Trinajstić information content (AvgIpc) is 2.86. The van der Waals surface area contributed by atoms with Crippen LogP contribution in [-0.2, 0) is 11.3 Å². The zero-order chi connectivity index (χ0) is 14.8. The molecule has 0 saturated carbocycles. The minimum absolute atomic E-state index is 0.0908. The first-order chi connectivity index (χ1) is 9.39. The number of ether oxygens (including phenoxy) is 1. The highest BCUT2D eigenvalue weighted by Gasteiger charge is 2.21. The summed E-state index contributed by atoms with van der Waals surface area (Å²) in [6.07, 6.45) is 0. The van der Waals surface area contributed by atoms with Crippen LogP contribution in [0.3, 0.4) is 0 Å². The largest absolute Gasteiger partial charge is 0.454 e. The topological polar surface area (TPSA) is 93.9 Å². The quantitative estimate of drug-likeness (QED) is 0.833. The number of nitrogens with one attached hydrogen (secondary N) is 1. The average molecular weight is 274 g/mol. The Balaban J connectivity index is 2.22. The van der Waals surface area contributed by atoms with Crippen molar-refractivity contribution in [2.24, 2.45) is 5.73 Å². The Morgan fingerprint density at radius 2 is 2.15 bits per heavy atom. The molecule has 0 atom stereocenters. The van der Waals surface area contributed by atoms with Gasteiger partial charge in [0.2, 0.25) is 5.82 Å². The fourth-order valence-electron chi connectivity index (χ4n) is 1.65. The number of aromatic amines is 1. The van der Waals surface area contributed by atoms with E-state index in [1.54, 1.807) is 20.8 Å². The maximum absolute atomic E-state index is 11.9. The fourth-order valence-corrected chi connectivity index (χ4v) is 1.65. The predicted octanol–water partition coefficient (Wildman–Crippen LogP) is 1.89. The number of hydrogen-bond acceptors (Lipinski definition) is 5. The minimum Gasteiger partial charge on any atom is -0.454 e. The van der Waals surface area contributed by atoms with Crippen molar-refractivity contribution < 1.29 is 9.53 Å². The van der Waals surface area contributed by atoms with Gasteiger partial charge in [-0.3, -0.25) is 5.10 Å². The van der Waals surface area contributed by atoms with Gasteiger partial charge in [0, 0.05) is 12.1 Å². The molecular weight excluding hydrogens is 256 g/mol. The molecule has 0 amide bonds. The Morgan fingerprint density at radius 1 is 1.40 bits per heavy atom. The molecule has 1 heterocycles. The van der Waals surface area contributed by atoms with E-state index >= 15 is 0 Å². The first kappa shape index (κ1) is 14.2. The Kier molecular flexibility index (Phi) is 3.85. The van der Waals surface area contributed by atoms with Crippen LogP contribution < -0.4 is 5.73 Å². The van der Waals surface area contributed by atoms with Gasteiger partial charge >= 0.3 is 5.97 Å². The summed E-state index contributed by atoms with van der Waals surface area (Å²) in [6, 6.07) is 7.55. The van der Waals surface area contributed by atoms with Gasteiger partial charge in [0.1, 0.15) is 5.60 Å². The van der Waals surface area contributed by atoms with Crippen molar-refractivity contribution in [3.63, 3.8) is 0 Å². The van der Waals surface area contributed by atoms with E-state index in [-0.39, 0.29) is 5.82 Å². The van der Waals surface area contributed by atoms with Crippen LogP contribution in [0, 0.1) is 0 Å². The standard InChI is InChI=1S/C14H18N4O2/c1-14(2,3)20-13(19)12-16-11(17-18-12)10-6-4-5-9(7-10)8-15/h4-7H,8,15H2,1-3H3,(H,16,17,18). The molecule has 1 aromatic carbocycles. The van der Waals surface area contributed by atoms with Crippen molar-refractivity contribution in [1.29, 1.82) is 0 Å². The van der Waals surface area contributed by atoms with Crippen molar-refractivity contribution in [1.82, 2.24) is 15.2 Å². The van der Waals surface area contributed by atoms with Crippen molar-refractivity contribution in [3.05, 3.63) is 35.7 Å². The lowest BCUT2D eigenvalue weighted by atomic mass is 10.1. The summed E-state index contributed by atoms with van der Waals surface area (Å²) in [5.74, 6) is 0.0143. The Morgan fingerprint density at radius 3 is 2.80 bits per heavy atom. The molecule has 0 aliphatic heterocycles. The van der Waals surface area contributed by atoms with Crippen LogP contribution in [0.25, 0.3) is 11.4 Å². The SMILES string of the molecule is CC(C)(C)OC(=O)c1nc(-c2cccc(CN)c2)n[nH]1. The van der Waals surface area contributed by atoms with E-state index in [9.17, 15) is 4.79 Å². The van der Waals surface area contributed by atoms with Crippen LogP contribution in [0.2, 0.25) is 0 Å². The summed E-state index contributed by atoms with van der Waals surface area (Å²) in [7, 11) is 0. The van der Waals surface area contributed by atoms with Crippen molar-refractivity contribution in [3.8, 4) is 11.4 Å². The Bertz CT molecular complexity index is 614. The second-order valence-corrected chi connectivity index (χ2v) is 5.41. The zero-order valence-corrected chi connectivity index (χ0v) is 11.8. The van der Waals surface area contributed by atoms with Crippen molar-refractivity contribution >= 4 is 5.97 Å². The monoisotopic (exact) mass is 274 g/mol. The van der Waals surface area contributed by atoms with Gasteiger partial charge in [0.25, 0.3) is 0 Å². The summed E-state index contributed by atoms with van der Waals surface area (Å²) in [5.41, 5.74) is 6.81. The summed E-state index contributed by atoms with van der Waals surface area (Å²) in [4.78, 5) is 16.0. The van der Waals surface area contributed by atoms with E-state index in [0.717, 1.165) is 11.1 Å². The van der Waals surface area contributed by atoms with Gasteiger partial charge in [-0.15, -0.1) is 0 Å². The molecule has 6 nitrogen and oxygen atoms in total. The van der Waals surface area contributed by atoms with Crippen molar-refractivity contribution in [2.45, 2.75) is 32.9 Å². The van der Waals surface area contributed by atoms with Gasteiger partial charge in [-0.05, 0) is 32.4 Å². The maximum atomic E-state index is 11.9. The van der Waals surface area contributed by atoms with Gasteiger partial charge in [-0.25, -0.2) is 9.78 Å². The number of hydrogen-bond donors (Lipinski definition) is 2. The van der Waals surface area contributed by atoms with E-state index in [1.165, 1.54) is 0 Å². The van der Waals surface area contributed by atoms with Crippen molar-refractivity contribution in [2.75, 3.05) is 0 Å². The van der Waals surface area contributed by atoms with Gasteiger partial charge in [0.15, 0.2) is 5.82 Å². The third-order valence-corrected chi connectivity index (χ3v) is 2.50. The van der Waals surface area contributed by atoms with Crippen LogP contribution in [0.15, 0.2) is 24.3 Å². The molecule has 106 valence electrons. The van der Waals surface area contributed by atoms with Crippen LogP contribution in [0.4, 0.5) is 0 Å². The van der Waals surface area contributed by atoms with Crippen LogP contribution in [0.5, 0.6) is 0 Å². The van der Waals surface area contributed by atoms with E-state index < -0.39 is 11.6 Å². The molecule has 0 aliphatic rings. The molecule has 3 N–H and O–H groups in total. The molecule has 0 spiro atoms. The molecule has 0 unspecified atom stereocenters. The van der Waals surface area contributed by atoms with Gasteiger partial charge < -0.3 is 10.5 Å². The molecule has 0 saturated heterocycles. The number of carbonyl (C=O) groups is 1. The fraction of sp³-hybridized carbons (Fsp3) is 0.357. The highest BCUT2D eigenvalue weighted by molar-refractivity contribution is 5.86. The number of nitrogens with zero attached hydrogens (tertiary/aromatic N) is 2. The van der Waals surface area contributed by atoms with E-state index in [0.29, 0.717) is 12.4 Å². The molecule has 1 aromatic heterocycles. The lowest BCUT2D eigenvalue weighted by molar-refractivity contribution is 0.00562. The van der Waals surface area contributed by atoms with Gasteiger partial charge in [0.05, 0.1) is 0 Å². The second kappa shape index (κ2) is 5.42. The first-order valence-corrected chi connectivity index (χ1v) is 6.34. The number of H-pyrrole nitrogens is 1. The third kappa shape index (κ3) is 3.42. The maximum Gasteiger partial charge on any atom is 0.376 e. The summed E-state index contributed by atoms with van der Waals surface area (Å²) in [5, 5.41) is 6.63. The van der Waals surface area contributed by atoms with E-state index in [1.807, 2.05) is 24.3 Å². The normalized spacial score (nSPS) is 11.4. The summed E-state index contributed by atoms with van der Waals surface area (Å²) >= 11 is 0. The number of carbonyl (C=O) groups excluding carboxylic acids is 1. The lowest BCUT2D eigenvalue weighted by Crippen LogP contribution is -2.24. The predicted molar refractivity (Wildman–Crippen MR) is 74.9 cm³/mol. The summed E-state index contributed by atoms with van der Waals surface area (Å²) < 4.78 is 5.23. The number of esters is 1. The molecule has 2 rings (SSSR count). The van der Waals surface area contributed by atoms with E-state index in [4.69, 9.17) is 10.5 Å². The van der Waals surface area contributed by atoms with Crippen LogP contribution in [-0.4, -0.2) is 26.8 Å². The molecule has 2 aromatic rings. The van der Waals surface area contributed by atoms with Gasteiger partial charge in [-0.2, -0.15) is 5.10 Å². The van der Waals surface area contributed by atoms with E-state index in [2.05, 4.69) is 15.2 Å². The molecule has 0 fully saturated rings. The smallest absolute Gasteiger partial charge is 0.376 e. The lowest BCUT2D eigenvalue weighted by Gasteiger charge is -2.18. The molecular formula is C14H18N4O2. The van der Waals surface area contributed by atoms with Crippen LogP contribution in [0.1, 0.15) is 37.0 Å². The molecule has 0 radical (unpaired) electrons. The number of rotatable bonds is 3. The highest BCUT2D eigenvalue weighted by atomic mass is 16.6. The number of nitrogens with two attached hydrogens (primary N) is 1. The number of benzene rings is 1. The molecule has 20 heavy (non-hydrogen) atoms.